The summed E-state index contributed by atoms with van der Waals surface area (Å²) in [6, 6.07) is 17.8. The summed E-state index contributed by atoms with van der Waals surface area (Å²) < 4.78 is 0. The first-order chi connectivity index (χ1) is 19.7. The zero-order chi connectivity index (χ0) is 29.4. The first kappa shape index (κ1) is 30.1. The summed E-state index contributed by atoms with van der Waals surface area (Å²) in [7, 11) is 0. The van der Waals surface area contributed by atoms with Gasteiger partial charge in [0.25, 0.3) is 0 Å². The van der Waals surface area contributed by atoms with Gasteiger partial charge in [-0.15, -0.1) is 0 Å². The Labute approximate surface area is 238 Å². The molecule has 3 aromatic rings. The molecule has 0 amide bonds. The first-order valence-corrected chi connectivity index (χ1v) is 13.7. The molecule has 0 spiro atoms. The summed E-state index contributed by atoms with van der Waals surface area (Å²) in [6.45, 7) is 2.31. The Bertz CT molecular complexity index is 1380. The molecule has 1 aliphatic rings. The molecule has 41 heavy (non-hydrogen) atoms. The van der Waals surface area contributed by atoms with Gasteiger partial charge in [-0.1, -0.05) is 48.5 Å². The number of hydrogen-bond donors (Lipinski definition) is 3. The van der Waals surface area contributed by atoms with Gasteiger partial charge in [0.05, 0.1) is 26.2 Å². The second-order valence-electron chi connectivity index (χ2n) is 10.4. The number of carboxylic acid groups (broad SMARTS) is 3. The lowest BCUT2D eigenvalue weighted by molar-refractivity contribution is -0.140. The van der Waals surface area contributed by atoms with Gasteiger partial charge in [-0.25, -0.2) is 0 Å². The smallest absolute Gasteiger partial charge is 0.317 e. The van der Waals surface area contributed by atoms with Crippen LogP contribution in [0.5, 0.6) is 0 Å². The van der Waals surface area contributed by atoms with Crippen molar-refractivity contribution in [3.8, 4) is 0 Å². The molecular weight excluding hydrogens is 528 g/mol. The Kier molecular flexibility index (Phi) is 10.4. The Morgan fingerprint density at radius 1 is 0.512 bits per heavy atom. The van der Waals surface area contributed by atoms with Crippen molar-refractivity contribution in [2.75, 3.05) is 78.5 Å². The number of Topliss-reactive ketones (excluding diaryl/α,β-unsaturated/α-hetero) is 1. The number of hydrogen-bond acceptors (Lipinski definition) is 8. The number of nitrogens with zero attached hydrogens (tertiary/aromatic N) is 4. The monoisotopic (exact) mass is 564 g/mol. The lowest BCUT2D eigenvalue weighted by atomic mass is 9.98. The molecular formula is C30H36N4O7. The van der Waals surface area contributed by atoms with Crippen LogP contribution in [0.15, 0.2) is 54.6 Å². The van der Waals surface area contributed by atoms with Crippen LogP contribution in [0.3, 0.4) is 0 Å². The number of fused-ring (bicyclic) bond motifs is 3. The van der Waals surface area contributed by atoms with Crippen molar-refractivity contribution in [3.63, 3.8) is 0 Å². The average molecular weight is 565 g/mol. The maximum Gasteiger partial charge on any atom is 0.317 e. The van der Waals surface area contributed by atoms with E-state index in [2.05, 4.69) is 6.07 Å². The van der Waals surface area contributed by atoms with Crippen molar-refractivity contribution in [2.45, 2.75) is 0 Å². The molecule has 4 rings (SSSR count). The van der Waals surface area contributed by atoms with Gasteiger partial charge in [0.2, 0.25) is 0 Å². The molecule has 1 aliphatic heterocycles. The third-order valence-electron chi connectivity index (χ3n) is 7.44. The molecule has 11 nitrogen and oxygen atoms in total. The van der Waals surface area contributed by atoms with E-state index in [4.69, 9.17) is 0 Å². The summed E-state index contributed by atoms with van der Waals surface area (Å²) in [6.07, 6.45) is 0. The zero-order valence-corrected chi connectivity index (χ0v) is 22.9. The van der Waals surface area contributed by atoms with E-state index >= 15 is 0 Å². The minimum Gasteiger partial charge on any atom is -0.480 e. The molecule has 1 fully saturated rings. The van der Waals surface area contributed by atoms with Gasteiger partial charge in [0.15, 0.2) is 5.78 Å². The number of ketones is 1. The van der Waals surface area contributed by atoms with E-state index in [1.54, 1.807) is 14.7 Å². The Morgan fingerprint density at radius 2 is 0.902 bits per heavy atom. The number of rotatable bonds is 9. The standard InChI is InChI=1S/C30H36N4O7/c35-27(24-8-7-23-6-5-22-3-1-2-4-25(22)26(23)17-24)18-31-9-11-32(19-28(36)37)13-15-34(21-30(40)41)16-14-33(12-10-31)20-29(38)39/h1-8,17H,9-16,18-21H2,(H,36,37)(H,38,39)(H,40,41). The summed E-state index contributed by atoms with van der Waals surface area (Å²) in [5, 5.41) is 32.3. The first-order valence-electron chi connectivity index (χ1n) is 13.7. The summed E-state index contributed by atoms with van der Waals surface area (Å²) >= 11 is 0. The van der Waals surface area contributed by atoms with Crippen molar-refractivity contribution in [1.82, 2.24) is 19.6 Å². The molecule has 0 aliphatic carbocycles. The van der Waals surface area contributed by atoms with Crippen LogP contribution in [0.4, 0.5) is 0 Å². The minimum absolute atomic E-state index is 0.0749. The second-order valence-corrected chi connectivity index (χ2v) is 10.4. The number of carbonyl (C=O) groups excluding carboxylic acids is 1. The van der Waals surface area contributed by atoms with Crippen LogP contribution in [0.1, 0.15) is 10.4 Å². The highest BCUT2D eigenvalue weighted by atomic mass is 16.4. The van der Waals surface area contributed by atoms with E-state index in [0.29, 0.717) is 57.9 Å². The molecule has 1 saturated heterocycles. The molecule has 11 heteroatoms. The summed E-state index contributed by atoms with van der Waals surface area (Å²) in [5.74, 6) is -3.05. The molecule has 3 N–H and O–H groups in total. The topological polar surface area (TPSA) is 142 Å². The van der Waals surface area contributed by atoms with Crippen molar-refractivity contribution < 1.29 is 34.5 Å². The normalized spacial score (nSPS) is 17.2. The van der Waals surface area contributed by atoms with Crippen molar-refractivity contribution in [1.29, 1.82) is 0 Å². The van der Waals surface area contributed by atoms with Crippen LogP contribution < -0.4 is 0 Å². The van der Waals surface area contributed by atoms with Crippen molar-refractivity contribution >= 4 is 45.2 Å². The van der Waals surface area contributed by atoms with Gasteiger partial charge in [0, 0.05) is 57.9 Å². The van der Waals surface area contributed by atoms with Crippen LogP contribution in [-0.2, 0) is 14.4 Å². The maximum atomic E-state index is 13.5. The predicted octanol–water partition coefficient (Wildman–Crippen LogP) is 1.65. The lowest BCUT2D eigenvalue weighted by Crippen LogP contribution is -2.49. The molecule has 0 saturated carbocycles. The van der Waals surface area contributed by atoms with Crippen LogP contribution in [-0.4, -0.2) is 137 Å². The largest absolute Gasteiger partial charge is 0.480 e. The number of carboxylic acids is 3. The Balaban J connectivity index is 1.54. The van der Waals surface area contributed by atoms with Crippen LogP contribution >= 0.6 is 0 Å². The quantitative estimate of drug-likeness (QED) is 0.258. The fourth-order valence-corrected chi connectivity index (χ4v) is 5.25. The van der Waals surface area contributed by atoms with Gasteiger partial charge in [-0.05, 0) is 27.6 Å². The van der Waals surface area contributed by atoms with E-state index in [9.17, 15) is 34.5 Å². The van der Waals surface area contributed by atoms with Crippen molar-refractivity contribution in [3.05, 3.63) is 60.2 Å². The summed E-state index contributed by atoms with van der Waals surface area (Å²) in [5.41, 5.74) is 0.578. The Hall–Kier alpha value is -3.90. The van der Waals surface area contributed by atoms with Gasteiger partial charge < -0.3 is 15.3 Å². The predicted molar refractivity (Wildman–Crippen MR) is 154 cm³/mol. The highest BCUT2D eigenvalue weighted by molar-refractivity contribution is 6.10. The van der Waals surface area contributed by atoms with E-state index in [-0.39, 0.29) is 32.0 Å². The molecule has 3 aromatic carbocycles. The third kappa shape index (κ3) is 8.79. The van der Waals surface area contributed by atoms with Crippen LogP contribution in [0, 0.1) is 0 Å². The van der Waals surface area contributed by atoms with Gasteiger partial charge in [-0.2, -0.15) is 0 Å². The number of carbonyl (C=O) groups is 4. The number of benzene rings is 3. The molecule has 0 atom stereocenters. The van der Waals surface area contributed by atoms with Crippen LogP contribution in [0.2, 0.25) is 0 Å². The molecule has 0 bridgehead atoms. The SMILES string of the molecule is O=C(O)CN1CCN(CC(=O)O)CCN(CC(=O)c2ccc3ccc4ccccc4c3c2)CCN(CC(=O)O)CC1. The molecule has 0 aromatic heterocycles. The van der Waals surface area contributed by atoms with E-state index in [1.807, 2.05) is 53.4 Å². The summed E-state index contributed by atoms with van der Waals surface area (Å²) in [4.78, 5) is 55.0. The van der Waals surface area contributed by atoms with E-state index in [1.165, 1.54) is 0 Å². The highest BCUT2D eigenvalue weighted by Gasteiger charge is 2.21. The van der Waals surface area contributed by atoms with E-state index < -0.39 is 17.9 Å². The van der Waals surface area contributed by atoms with E-state index in [0.717, 1.165) is 21.5 Å². The lowest BCUT2D eigenvalue weighted by Gasteiger charge is -2.32. The molecule has 0 radical (unpaired) electrons. The van der Waals surface area contributed by atoms with Crippen molar-refractivity contribution in [2.24, 2.45) is 0 Å². The maximum absolute atomic E-state index is 13.5. The van der Waals surface area contributed by atoms with Gasteiger partial charge in [-0.3, -0.25) is 38.8 Å². The zero-order valence-electron chi connectivity index (χ0n) is 22.9. The van der Waals surface area contributed by atoms with Gasteiger partial charge >= 0.3 is 17.9 Å². The Morgan fingerprint density at radius 3 is 1.37 bits per heavy atom. The third-order valence-corrected chi connectivity index (χ3v) is 7.44. The number of aliphatic carboxylic acids is 3. The van der Waals surface area contributed by atoms with Gasteiger partial charge in [0.1, 0.15) is 0 Å². The average Bonchev–Trinajstić information content (AvgIpc) is 2.93. The fraction of sp³-hybridized carbons (Fsp3) is 0.400. The molecule has 1 heterocycles. The highest BCUT2D eigenvalue weighted by Crippen LogP contribution is 2.26. The molecule has 218 valence electrons. The fourth-order valence-electron chi connectivity index (χ4n) is 5.25. The molecule has 0 unspecified atom stereocenters. The second kappa shape index (κ2) is 14.1. The minimum atomic E-state index is -1.00. The van der Waals surface area contributed by atoms with Crippen LogP contribution in [0.25, 0.3) is 21.5 Å².